The van der Waals surface area contributed by atoms with Crippen LogP contribution in [0.15, 0.2) is 0 Å². The van der Waals surface area contributed by atoms with Gasteiger partial charge in [0, 0.05) is 19.0 Å². The Labute approximate surface area is 159 Å². The van der Waals surface area contributed by atoms with Gasteiger partial charge < -0.3 is 0 Å². The molecule has 1 fully saturated rings. The molecule has 1 rings (SSSR count). The molecule has 24 heavy (non-hydrogen) atoms. The number of hydrogen-bond acceptors (Lipinski definition) is 0. The summed E-state index contributed by atoms with van der Waals surface area (Å²) in [5.41, 5.74) is 2.14. The zero-order valence-electron chi connectivity index (χ0n) is 17.0. The predicted molar refractivity (Wildman–Crippen MR) is 119 cm³/mol. The second kappa shape index (κ2) is 16.9. The molecule has 0 spiro atoms. The van der Waals surface area contributed by atoms with Crippen molar-refractivity contribution >= 4 is 19.0 Å². The quantitative estimate of drug-likeness (QED) is 0.211. The maximum atomic E-state index is 2.77. The average molecular weight is 367 g/mol. The van der Waals surface area contributed by atoms with Crippen molar-refractivity contribution in [2.75, 3.05) is 0 Å². The van der Waals surface area contributed by atoms with Crippen molar-refractivity contribution in [3.63, 3.8) is 0 Å². The van der Waals surface area contributed by atoms with Crippen molar-refractivity contribution in [3.8, 4) is 0 Å². The second-order valence-electron chi connectivity index (χ2n) is 8.28. The third kappa shape index (κ3) is 12.7. The Morgan fingerprint density at radius 2 is 0.958 bits per heavy atom. The first kappa shape index (κ1) is 22.5. The molecule has 0 aromatic rings. The molecule has 0 aliphatic heterocycles. The van der Waals surface area contributed by atoms with E-state index in [1.807, 2.05) is 0 Å². The minimum Gasteiger partial charge on any atom is -0.0654 e. The first-order valence-corrected chi connectivity index (χ1v) is 15.2. The average Bonchev–Trinajstić information content (AvgIpc) is 2.61. The Morgan fingerprint density at radius 1 is 0.583 bits per heavy atom. The topological polar surface area (TPSA) is 0 Å². The highest BCUT2D eigenvalue weighted by molar-refractivity contribution is 6.40. The highest BCUT2D eigenvalue weighted by atomic mass is 28.2. The van der Waals surface area contributed by atoms with Crippen LogP contribution in [0.4, 0.5) is 0 Å². The zero-order chi connectivity index (χ0) is 17.3. The van der Waals surface area contributed by atoms with Crippen molar-refractivity contribution in [2.24, 2.45) is 0 Å². The molecular weight excluding hydrogens is 320 g/mol. The van der Waals surface area contributed by atoms with Gasteiger partial charge in [-0.2, -0.15) is 0 Å². The fourth-order valence-electron chi connectivity index (χ4n) is 4.13. The molecule has 1 saturated carbocycles. The fraction of sp³-hybridized carbons (Fsp3) is 0.909. The normalized spacial score (nSPS) is 22.2. The van der Waals surface area contributed by atoms with Gasteiger partial charge in [-0.05, 0) is 36.8 Å². The molecule has 2 heteroatoms. The SMILES string of the molecule is CCCCCCCC[SiH2]C1[CH]CC([SiH2]CCCCCCCC)[CH]C1. The summed E-state index contributed by atoms with van der Waals surface area (Å²) in [6, 6.07) is 3.22. The summed E-state index contributed by atoms with van der Waals surface area (Å²) in [6.45, 7) is 4.62. The van der Waals surface area contributed by atoms with Crippen LogP contribution in [0.25, 0.3) is 0 Å². The highest BCUT2D eigenvalue weighted by Gasteiger charge is 2.21. The minimum absolute atomic E-state index is 0.196. The molecule has 0 N–H and O–H groups in total. The van der Waals surface area contributed by atoms with Crippen LogP contribution in [0.1, 0.15) is 104 Å². The van der Waals surface area contributed by atoms with Gasteiger partial charge in [-0.3, -0.25) is 0 Å². The zero-order valence-corrected chi connectivity index (χ0v) is 19.9. The summed E-state index contributed by atoms with van der Waals surface area (Å²) in [5, 5.41) is 0. The smallest absolute Gasteiger partial charge is 0.0235 e. The molecule has 2 unspecified atom stereocenters. The summed E-state index contributed by atoms with van der Waals surface area (Å²) in [7, 11) is 0.393. The van der Waals surface area contributed by atoms with Crippen LogP contribution in [-0.4, -0.2) is 19.0 Å². The van der Waals surface area contributed by atoms with Crippen LogP contribution in [0, 0.1) is 12.8 Å². The van der Waals surface area contributed by atoms with E-state index < -0.39 is 0 Å². The maximum Gasteiger partial charge on any atom is 0.0235 e. The molecule has 0 aromatic heterocycles. The lowest BCUT2D eigenvalue weighted by molar-refractivity contribution is 0.619. The summed E-state index contributed by atoms with van der Waals surface area (Å²) < 4.78 is 0. The van der Waals surface area contributed by atoms with E-state index >= 15 is 0 Å². The van der Waals surface area contributed by atoms with E-state index in [1.54, 1.807) is 12.1 Å². The summed E-state index contributed by atoms with van der Waals surface area (Å²) in [5.74, 6) is 0. The molecule has 0 amide bonds. The molecule has 0 saturated heterocycles. The van der Waals surface area contributed by atoms with E-state index in [4.69, 9.17) is 0 Å². The molecular formula is C22H46Si2. The van der Waals surface area contributed by atoms with E-state index in [0.717, 1.165) is 11.1 Å². The van der Waals surface area contributed by atoms with Crippen molar-refractivity contribution in [1.29, 1.82) is 0 Å². The van der Waals surface area contributed by atoms with Crippen LogP contribution in [0.3, 0.4) is 0 Å². The lowest BCUT2D eigenvalue weighted by Gasteiger charge is -2.27. The van der Waals surface area contributed by atoms with Gasteiger partial charge in [0.1, 0.15) is 0 Å². The molecule has 0 nitrogen and oxygen atoms in total. The molecule has 142 valence electrons. The number of hydrogen-bond donors (Lipinski definition) is 0. The molecule has 1 aliphatic carbocycles. The standard InChI is InChI=1S/C22H46Si2/c1-3-5-7-9-11-13-19-23-21-15-17-22(18-16-21)24-20-14-12-10-8-6-4-2/h15,18,21-22H,3-14,16-17,19-20,23-24H2,1-2H3. The number of unbranched alkanes of at least 4 members (excludes halogenated alkanes) is 10. The Bertz CT molecular complexity index is 220. The van der Waals surface area contributed by atoms with E-state index in [1.165, 1.54) is 89.9 Å². The molecule has 0 heterocycles. The van der Waals surface area contributed by atoms with Crippen molar-refractivity contribution in [3.05, 3.63) is 12.8 Å². The third-order valence-corrected chi connectivity index (χ3v) is 10.5. The lowest BCUT2D eigenvalue weighted by Crippen LogP contribution is -2.16. The maximum absolute atomic E-state index is 2.77. The van der Waals surface area contributed by atoms with Crippen LogP contribution < -0.4 is 0 Å². The Kier molecular flexibility index (Phi) is 15.8. The largest absolute Gasteiger partial charge is 0.0654 e. The van der Waals surface area contributed by atoms with Crippen LogP contribution >= 0.6 is 0 Å². The molecule has 0 bridgehead atoms. The van der Waals surface area contributed by atoms with Gasteiger partial charge in [-0.1, -0.05) is 103 Å². The van der Waals surface area contributed by atoms with Gasteiger partial charge in [-0.25, -0.2) is 0 Å². The van der Waals surface area contributed by atoms with Crippen LogP contribution in [-0.2, 0) is 0 Å². The Balaban J connectivity index is 1.85. The van der Waals surface area contributed by atoms with Gasteiger partial charge in [-0.15, -0.1) is 0 Å². The lowest BCUT2D eigenvalue weighted by atomic mass is 9.99. The summed E-state index contributed by atoms with van der Waals surface area (Å²) in [4.78, 5) is 0. The van der Waals surface area contributed by atoms with Gasteiger partial charge in [0.25, 0.3) is 0 Å². The fourth-order valence-corrected chi connectivity index (χ4v) is 8.17. The Hall–Kier alpha value is 0.434. The Morgan fingerprint density at radius 3 is 1.33 bits per heavy atom. The van der Waals surface area contributed by atoms with E-state index in [9.17, 15) is 0 Å². The van der Waals surface area contributed by atoms with Crippen LogP contribution in [0.2, 0.25) is 23.2 Å². The molecule has 1 aliphatic rings. The molecule has 2 atom stereocenters. The number of rotatable bonds is 16. The van der Waals surface area contributed by atoms with Crippen LogP contribution in [0.5, 0.6) is 0 Å². The first-order chi connectivity index (χ1) is 11.9. The summed E-state index contributed by atoms with van der Waals surface area (Å²) in [6.07, 6.45) is 26.2. The van der Waals surface area contributed by atoms with Gasteiger partial charge in [0.05, 0.1) is 0 Å². The van der Waals surface area contributed by atoms with Crippen molar-refractivity contribution < 1.29 is 0 Å². The third-order valence-electron chi connectivity index (χ3n) is 5.90. The summed E-state index contributed by atoms with van der Waals surface area (Å²) >= 11 is 0. The predicted octanol–water partition coefficient (Wildman–Crippen LogP) is 6.66. The molecule has 0 aromatic carbocycles. The van der Waals surface area contributed by atoms with E-state index in [2.05, 4.69) is 26.7 Å². The first-order valence-electron chi connectivity index (χ1n) is 11.5. The highest BCUT2D eigenvalue weighted by Crippen LogP contribution is 2.35. The van der Waals surface area contributed by atoms with E-state index in [0.29, 0.717) is 0 Å². The van der Waals surface area contributed by atoms with Gasteiger partial charge in [0.15, 0.2) is 0 Å². The van der Waals surface area contributed by atoms with Gasteiger partial charge >= 0.3 is 0 Å². The molecule has 2 radical (unpaired) electrons. The van der Waals surface area contributed by atoms with Crippen molar-refractivity contribution in [2.45, 2.75) is 127 Å². The van der Waals surface area contributed by atoms with E-state index in [-0.39, 0.29) is 19.0 Å². The van der Waals surface area contributed by atoms with Gasteiger partial charge in [0.2, 0.25) is 0 Å². The monoisotopic (exact) mass is 366 g/mol. The minimum atomic E-state index is 0.196. The van der Waals surface area contributed by atoms with Crippen molar-refractivity contribution in [1.82, 2.24) is 0 Å². The second-order valence-corrected chi connectivity index (χ2v) is 12.9.